The van der Waals surface area contributed by atoms with Gasteiger partial charge in [-0.2, -0.15) is 0 Å². The third-order valence-corrected chi connectivity index (χ3v) is 0.782. The number of hydrogen-bond acceptors (Lipinski definition) is 6. The Labute approximate surface area is 178 Å². The van der Waals surface area contributed by atoms with Crippen LogP contribution in [0.1, 0.15) is 0 Å². The first-order chi connectivity index (χ1) is 4.46. The fraction of sp³-hybridized carbons (Fsp3) is 0.500. The molecule has 0 heterocycles. The molecule has 0 aromatic carbocycles. The zero-order valence-electron chi connectivity index (χ0n) is 6.98. The molecule has 0 rings (SSSR count). The van der Waals surface area contributed by atoms with Crippen molar-refractivity contribution < 1.29 is 106 Å². The van der Waals surface area contributed by atoms with E-state index in [4.69, 9.17) is 10.2 Å². The van der Waals surface area contributed by atoms with E-state index in [1.807, 2.05) is 0 Å². The summed E-state index contributed by atoms with van der Waals surface area (Å²) in [5.41, 5.74) is 0. The molecule has 0 saturated carbocycles. The van der Waals surface area contributed by atoms with E-state index in [1.54, 1.807) is 0 Å². The van der Waals surface area contributed by atoms with Gasteiger partial charge in [-0.25, -0.2) is 0 Å². The van der Waals surface area contributed by atoms with Crippen molar-refractivity contribution in [3.63, 3.8) is 0 Å². The SMILES string of the molecule is O=C([O-])C(O)C(O)C(=O)[O-].[Cu].[KH].[Na+].[Na+]. The fourth-order valence-electron chi connectivity index (χ4n) is 0.258. The van der Waals surface area contributed by atoms with Crippen LogP contribution in [-0.2, 0) is 26.7 Å². The average molecular weight is 298 g/mol. The van der Waals surface area contributed by atoms with Crippen molar-refractivity contribution in [3.05, 3.63) is 0 Å². The summed E-state index contributed by atoms with van der Waals surface area (Å²) in [6.45, 7) is 0. The Bertz CT molecular complexity index is 152. The van der Waals surface area contributed by atoms with E-state index in [0.717, 1.165) is 0 Å². The molecule has 0 aromatic rings. The smallest absolute Gasteiger partial charge is 1.00 e. The number of carboxylic acids is 2. The Morgan fingerprint density at radius 1 is 0.929 bits per heavy atom. The molecular formula is C4H5CuKNa2O6. The number of carbonyl (C=O) groups is 2. The van der Waals surface area contributed by atoms with Crippen LogP contribution in [0.15, 0.2) is 0 Å². The van der Waals surface area contributed by atoms with E-state index in [0.29, 0.717) is 0 Å². The second-order valence-corrected chi connectivity index (χ2v) is 1.53. The van der Waals surface area contributed by atoms with Crippen molar-refractivity contribution >= 4 is 63.3 Å². The molecule has 0 aliphatic carbocycles. The van der Waals surface area contributed by atoms with Crippen LogP contribution >= 0.6 is 0 Å². The van der Waals surface area contributed by atoms with E-state index >= 15 is 0 Å². The Morgan fingerprint density at radius 2 is 1.07 bits per heavy atom. The van der Waals surface area contributed by atoms with Crippen molar-refractivity contribution in [1.29, 1.82) is 0 Å². The summed E-state index contributed by atoms with van der Waals surface area (Å²) in [4.78, 5) is 19.3. The summed E-state index contributed by atoms with van der Waals surface area (Å²) in [5, 5.41) is 35.7. The second-order valence-electron chi connectivity index (χ2n) is 1.53. The molecule has 0 amide bonds. The molecular weight excluding hydrogens is 293 g/mol. The predicted molar refractivity (Wildman–Crippen MR) is 29.2 cm³/mol. The van der Waals surface area contributed by atoms with E-state index in [2.05, 4.69) is 0 Å². The summed E-state index contributed by atoms with van der Waals surface area (Å²) >= 11 is 0. The van der Waals surface area contributed by atoms with Crippen LogP contribution in [0.2, 0.25) is 0 Å². The van der Waals surface area contributed by atoms with Crippen LogP contribution in [0.25, 0.3) is 0 Å². The van der Waals surface area contributed by atoms with Crippen molar-refractivity contribution in [3.8, 4) is 0 Å². The summed E-state index contributed by atoms with van der Waals surface area (Å²) in [6.07, 6.45) is -4.88. The second kappa shape index (κ2) is 16.0. The number of hydrogen-bond donors (Lipinski definition) is 2. The summed E-state index contributed by atoms with van der Waals surface area (Å²) in [7, 11) is 0. The third-order valence-electron chi connectivity index (χ3n) is 0.782. The van der Waals surface area contributed by atoms with Gasteiger partial charge in [-0.1, -0.05) is 0 Å². The van der Waals surface area contributed by atoms with Crippen LogP contribution in [-0.4, -0.2) is 85.7 Å². The van der Waals surface area contributed by atoms with Crippen LogP contribution < -0.4 is 69.3 Å². The van der Waals surface area contributed by atoms with Gasteiger partial charge in [0.25, 0.3) is 0 Å². The van der Waals surface area contributed by atoms with Gasteiger partial charge in [0.2, 0.25) is 0 Å². The Kier molecular flexibility index (Phi) is 34.6. The quantitative estimate of drug-likeness (QED) is 0.499. The van der Waals surface area contributed by atoms with Gasteiger partial charge in [0.15, 0.2) is 0 Å². The number of carboxylic acid groups (broad SMARTS) is 2. The molecule has 2 unspecified atom stereocenters. The molecule has 14 heavy (non-hydrogen) atoms. The van der Waals surface area contributed by atoms with Gasteiger partial charge in [-0.05, 0) is 0 Å². The Hall–Kier alpha value is 3.02. The van der Waals surface area contributed by atoms with Gasteiger partial charge >= 0.3 is 110 Å². The zero-order chi connectivity index (χ0) is 8.31. The number of rotatable bonds is 3. The minimum atomic E-state index is -2.44. The molecule has 6 nitrogen and oxygen atoms in total. The standard InChI is InChI=1S/C4H6O6.Cu.K.2Na.H/c5-1(3(7)8)2(6)4(9)10;;;;;/h1-2,5-6H,(H,7,8)(H,9,10);;;;;/q;;;2*+1;/p-2. The molecule has 10 heteroatoms. The minimum Gasteiger partial charge on any atom is 1.00 e. The fourth-order valence-corrected chi connectivity index (χ4v) is 0.258. The summed E-state index contributed by atoms with van der Waals surface area (Å²) in [6, 6.07) is 0. The van der Waals surface area contributed by atoms with Crippen molar-refractivity contribution in [2.45, 2.75) is 12.2 Å². The maximum atomic E-state index is 9.63. The molecule has 0 aliphatic heterocycles. The number of aliphatic hydroxyl groups excluding tert-OH is 2. The largest absolute Gasteiger partial charge is 1.00 e. The molecule has 0 saturated heterocycles. The first-order valence-corrected chi connectivity index (χ1v) is 2.24. The number of aliphatic hydroxyl groups is 2. The van der Waals surface area contributed by atoms with E-state index in [1.165, 1.54) is 0 Å². The van der Waals surface area contributed by atoms with Crippen molar-refractivity contribution in [1.82, 2.24) is 0 Å². The van der Waals surface area contributed by atoms with Crippen LogP contribution in [0.4, 0.5) is 0 Å². The van der Waals surface area contributed by atoms with Crippen LogP contribution in [0, 0.1) is 0 Å². The van der Waals surface area contributed by atoms with Gasteiger partial charge in [0.05, 0.1) is 11.9 Å². The van der Waals surface area contributed by atoms with Crippen LogP contribution in [0.3, 0.4) is 0 Å². The monoisotopic (exact) mass is 297 g/mol. The van der Waals surface area contributed by atoms with E-state index in [-0.39, 0.29) is 128 Å². The third kappa shape index (κ3) is 13.1. The molecule has 2 atom stereocenters. The Balaban J connectivity index is -0.0000000675. The van der Waals surface area contributed by atoms with E-state index in [9.17, 15) is 19.8 Å². The van der Waals surface area contributed by atoms with E-state index < -0.39 is 24.1 Å². The molecule has 1 radical (unpaired) electrons. The average Bonchev–Trinajstić information content (AvgIpc) is 1.84. The molecule has 0 aliphatic rings. The molecule has 2 N–H and O–H groups in total. The molecule has 71 valence electrons. The van der Waals surface area contributed by atoms with Crippen molar-refractivity contribution in [2.24, 2.45) is 0 Å². The van der Waals surface area contributed by atoms with Crippen molar-refractivity contribution in [2.75, 3.05) is 0 Å². The van der Waals surface area contributed by atoms with Gasteiger partial charge < -0.3 is 30.0 Å². The topological polar surface area (TPSA) is 121 Å². The maximum absolute atomic E-state index is 9.63. The normalized spacial score (nSPS) is 11.3. The van der Waals surface area contributed by atoms with Gasteiger partial charge in [0.1, 0.15) is 12.2 Å². The first-order valence-electron chi connectivity index (χ1n) is 2.24. The molecule has 0 bridgehead atoms. The van der Waals surface area contributed by atoms with Crippen LogP contribution in [0.5, 0.6) is 0 Å². The predicted octanol–water partition coefficient (Wildman–Crippen LogP) is -11.4. The summed E-state index contributed by atoms with van der Waals surface area (Å²) in [5.74, 6) is -4.12. The molecule has 0 spiro atoms. The van der Waals surface area contributed by atoms with Gasteiger partial charge in [-0.3, -0.25) is 0 Å². The minimum absolute atomic E-state index is 0. The number of carbonyl (C=O) groups excluding carboxylic acids is 2. The maximum Gasteiger partial charge on any atom is 1.00 e. The molecule has 0 fully saturated rings. The number of aliphatic carboxylic acids is 2. The van der Waals surface area contributed by atoms with Gasteiger partial charge in [0, 0.05) is 17.1 Å². The molecule has 0 aromatic heterocycles. The first kappa shape index (κ1) is 30.2. The van der Waals surface area contributed by atoms with Gasteiger partial charge in [-0.15, -0.1) is 0 Å². The zero-order valence-corrected chi connectivity index (χ0v) is 11.9. The summed E-state index contributed by atoms with van der Waals surface area (Å²) < 4.78 is 0. The Morgan fingerprint density at radius 3 is 1.14 bits per heavy atom.